The number of esters is 1. The number of methoxy groups -OCH3 is 1. The van der Waals surface area contributed by atoms with Crippen LogP contribution in [-0.4, -0.2) is 36.3 Å². The minimum Gasteiger partial charge on any atom is -0.482 e. The highest BCUT2D eigenvalue weighted by atomic mass is 35.5. The van der Waals surface area contributed by atoms with Gasteiger partial charge in [-0.3, -0.25) is 0 Å². The molecule has 0 bridgehead atoms. The number of rotatable bonds is 5. The van der Waals surface area contributed by atoms with Crippen molar-refractivity contribution in [3.05, 3.63) is 53.1 Å². The fourth-order valence-corrected chi connectivity index (χ4v) is 2.87. The van der Waals surface area contributed by atoms with E-state index in [4.69, 9.17) is 21.1 Å². The van der Waals surface area contributed by atoms with Crippen molar-refractivity contribution in [2.24, 2.45) is 5.92 Å². The number of aromatic nitrogens is 2. The summed E-state index contributed by atoms with van der Waals surface area (Å²) in [6, 6.07) is 7.57. The molecular formula is C17H17ClN2O4. The van der Waals surface area contributed by atoms with E-state index in [0.29, 0.717) is 24.0 Å². The normalized spacial score (nSPS) is 18.2. The second-order valence-corrected chi connectivity index (χ2v) is 5.82. The first-order valence-electron chi connectivity index (χ1n) is 7.58. The molecule has 0 aliphatic carbocycles. The predicted molar refractivity (Wildman–Crippen MR) is 87.1 cm³/mol. The molecule has 1 fully saturated rings. The molecule has 2 heterocycles. The highest BCUT2D eigenvalue weighted by Gasteiger charge is 2.30. The maximum absolute atomic E-state index is 11.4. The van der Waals surface area contributed by atoms with E-state index in [9.17, 15) is 4.79 Å². The lowest BCUT2D eigenvalue weighted by molar-refractivity contribution is 0.0586. The molecule has 24 heavy (non-hydrogen) atoms. The van der Waals surface area contributed by atoms with Crippen LogP contribution in [0.15, 0.2) is 36.7 Å². The Kier molecular flexibility index (Phi) is 5.27. The smallest absolute Gasteiger partial charge is 0.376 e. The Bertz CT molecular complexity index is 702. The third kappa shape index (κ3) is 3.66. The Hall–Kier alpha value is -2.18. The van der Waals surface area contributed by atoms with Crippen molar-refractivity contribution in [2.45, 2.75) is 12.5 Å². The molecular weight excluding hydrogens is 332 g/mol. The first-order valence-corrected chi connectivity index (χ1v) is 7.96. The average molecular weight is 349 g/mol. The number of carbonyl (C=O) groups excluding carboxylic acids is 1. The molecule has 0 amide bonds. The lowest BCUT2D eigenvalue weighted by Gasteiger charge is -2.24. The third-order valence-corrected chi connectivity index (χ3v) is 4.21. The molecule has 1 aliphatic rings. The molecule has 0 N–H and O–H groups in total. The Labute approximate surface area is 144 Å². The number of hydrogen-bond donors (Lipinski definition) is 0. The molecule has 7 heteroatoms. The van der Waals surface area contributed by atoms with Crippen LogP contribution in [0.1, 0.15) is 28.7 Å². The monoisotopic (exact) mass is 348 g/mol. The van der Waals surface area contributed by atoms with Gasteiger partial charge in [0.1, 0.15) is 6.10 Å². The van der Waals surface area contributed by atoms with Crippen LogP contribution in [-0.2, 0) is 9.47 Å². The van der Waals surface area contributed by atoms with Crippen molar-refractivity contribution in [2.75, 3.05) is 20.3 Å². The number of ether oxygens (including phenoxy) is 3. The molecule has 1 aliphatic heterocycles. The lowest BCUT2D eigenvalue weighted by Crippen LogP contribution is -2.20. The summed E-state index contributed by atoms with van der Waals surface area (Å²) in [6.45, 7) is 1.31. The summed E-state index contributed by atoms with van der Waals surface area (Å²) in [5.74, 6) is 0.0430. The molecule has 1 saturated heterocycles. The SMILES string of the molecule is COC(=O)c1ncc(OC(c2ccccc2Cl)C2CCOC2)cn1. The van der Waals surface area contributed by atoms with Crippen molar-refractivity contribution in [1.82, 2.24) is 9.97 Å². The summed E-state index contributed by atoms with van der Waals surface area (Å²) in [5, 5.41) is 0.640. The van der Waals surface area contributed by atoms with Crippen molar-refractivity contribution < 1.29 is 19.0 Å². The van der Waals surface area contributed by atoms with Gasteiger partial charge in [-0.25, -0.2) is 14.8 Å². The van der Waals surface area contributed by atoms with Crippen molar-refractivity contribution >= 4 is 17.6 Å². The van der Waals surface area contributed by atoms with Gasteiger partial charge in [0.15, 0.2) is 5.75 Å². The van der Waals surface area contributed by atoms with Gasteiger partial charge in [-0.1, -0.05) is 29.8 Å². The zero-order valence-corrected chi connectivity index (χ0v) is 13.9. The summed E-state index contributed by atoms with van der Waals surface area (Å²) in [4.78, 5) is 19.3. The number of benzene rings is 1. The van der Waals surface area contributed by atoms with E-state index in [2.05, 4.69) is 14.7 Å². The van der Waals surface area contributed by atoms with Gasteiger partial charge >= 0.3 is 5.97 Å². The maximum atomic E-state index is 11.4. The molecule has 126 valence electrons. The standard InChI is InChI=1S/C17H17ClN2O4/c1-22-17(21)16-19-8-12(9-20-16)24-15(11-6-7-23-10-11)13-4-2-3-5-14(13)18/h2-5,8-9,11,15H,6-7,10H2,1H3. The number of halogens is 1. The quantitative estimate of drug-likeness (QED) is 0.773. The van der Waals surface area contributed by atoms with E-state index in [-0.39, 0.29) is 17.8 Å². The summed E-state index contributed by atoms with van der Waals surface area (Å²) in [6.07, 6.45) is 3.53. The van der Waals surface area contributed by atoms with Gasteiger partial charge < -0.3 is 14.2 Å². The minimum atomic E-state index is -0.589. The van der Waals surface area contributed by atoms with E-state index >= 15 is 0 Å². The van der Waals surface area contributed by atoms with Crippen LogP contribution >= 0.6 is 11.6 Å². The largest absolute Gasteiger partial charge is 0.482 e. The van der Waals surface area contributed by atoms with Gasteiger partial charge in [0.2, 0.25) is 5.82 Å². The van der Waals surface area contributed by atoms with Crippen LogP contribution in [0.25, 0.3) is 0 Å². The highest BCUT2D eigenvalue weighted by molar-refractivity contribution is 6.31. The fraction of sp³-hybridized carbons (Fsp3) is 0.353. The minimum absolute atomic E-state index is 0.0108. The second-order valence-electron chi connectivity index (χ2n) is 5.42. The van der Waals surface area contributed by atoms with E-state index in [1.54, 1.807) is 0 Å². The van der Waals surface area contributed by atoms with Gasteiger partial charge in [-0.05, 0) is 12.5 Å². The Morgan fingerprint density at radius 1 is 1.33 bits per heavy atom. The van der Waals surface area contributed by atoms with Crippen LogP contribution in [0.4, 0.5) is 0 Å². The van der Waals surface area contributed by atoms with Crippen LogP contribution in [0.2, 0.25) is 5.02 Å². The summed E-state index contributed by atoms with van der Waals surface area (Å²) in [5.41, 5.74) is 0.895. The van der Waals surface area contributed by atoms with Gasteiger partial charge in [0.25, 0.3) is 0 Å². The first kappa shape index (κ1) is 16.7. The summed E-state index contributed by atoms with van der Waals surface area (Å²) < 4.78 is 16.2. The van der Waals surface area contributed by atoms with Gasteiger partial charge in [0, 0.05) is 23.1 Å². The van der Waals surface area contributed by atoms with E-state index < -0.39 is 5.97 Å². The number of nitrogens with zero attached hydrogens (tertiary/aromatic N) is 2. The molecule has 0 saturated carbocycles. The van der Waals surface area contributed by atoms with Gasteiger partial charge in [-0.15, -0.1) is 0 Å². The Morgan fingerprint density at radius 2 is 2.08 bits per heavy atom. The fourth-order valence-electron chi connectivity index (χ4n) is 2.63. The van der Waals surface area contributed by atoms with Crippen LogP contribution in [0, 0.1) is 5.92 Å². The Morgan fingerprint density at radius 3 is 2.71 bits per heavy atom. The molecule has 2 unspecified atom stereocenters. The average Bonchev–Trinajstić information content (AvgIpc) is 3.15. The zero-order chi connectivity index (χ0) is 16.9. The highest BCUT2D eigenvalue weighted by Crippen LogP contribution is 2.36. The zero-order valence-electron chi connectivity index (χ0n) is 13.1. The van der Waals surface area contributed by atoms with Crippen molar-refractivity contribution in [3.63, 3.8) is 0 Å². The van der Waals surface area contributed by atoms with Crippen LogP contribution in [0.3, 0.4) is 0 Å². The number of carbonyl (C=O) groups is 1. The van der Waals surface area contributed by atoms with E-state index in [1.165, 1.54) is 19.5 Å². The molecule has 2 atom stereocenters. The molecule has 1 aromatic heterocycles. The summed E-state index contributed by atoms with van der Waals surface area (Å²) >= 11 is 6.34. The van der Waals surface area contributed by atoms with Crippen LogP contribution in [0.5, 0.6) is 5.75 Å². The molecule has 3 rings (SSSR count). The lowest BCUT2D eigenvalue weighted by atomic mass is 9.95. The molecule has 0 spiro atoms. The van der Waals surface area contributed by atoms with Crippen molar-refractivity contribution in [1.29, 1.82) is 0 Å². The molecule has 0 radical (unpaired) electrons. The predicted octanol–water partition coefficient (Wildman–Crippen LogP) is 3.07. The van der Waals surface area contributed by atoms with E-state index in [1.807, 2.05) is 24.3 Å². The molecule has 2 aromatic rings. The topological polar surface area (TPSA) is 70.5 Å². The molecule has 1 aromatic carbocycles. The van der Waals surface area contributed by atoms with Gasteiger partial charge in [-0.2, -0.15) is 0 Å². The van der Waals surface area contributed by atoms with E-state index in [0.717, 1.165) is 12.0 Å². The third-order valence-electron chi connectivity index (χ3n) is 3.86. The Balaban J connectivity index is 1.84. The molecule has 6 nitrogen and oxygen atoms in total. The summed E-state index contributed by atoms with van der Waals surface area (Å²) in [7, 11) is 1.28. The van der Waals surface area contributed by atoms with Crippen molar-refractivity contribution in [3.8, 4) is 5.75 Å². The maximum Gasteiger partial charge on any atom is 0.376 e. The second kappa shape index (κ2) is 7.59. The number of hydrogen-bond acceptors (Lipinski definition) is 6. The van der Waals surface area contributed by atoms with Gasteiger partial charge in [0.05, 0.1) is 26.1 Å². The first-order chi connectivity index (χ1) is 11.7. The van der Waals surface area contributed by atoms with Crippen LogP contribution < -0.4 is 4.74 Å².